The molecule has 2 atom stereocenters. The minimum absolute atomic E-state index is 0.0442. The van der Waals surface area contributed by atoms with E-state index in [4.69, 9.17) is 10.5 Å². The first-order valence-corrected chi connectivity index (χ1v) is 7.72. The summed E-state index contributed by atoms with van der Waals surface area (Å²) in [6.45, 7) is -0.158. The van der Waals surface area contributed by atoms with E-state index in [2.05, 4.69) is 10.3 Å². The molecule has 1 aromatic carbocycles. The normalized spacial score (nSPS) is 25.4. The fraction of sp³-hybridized carbons (Fsp3) is 0.562. The zero-order valence-electron chi connectivity index (χ0n) is 13.4. The SMILES string of the molecule is COc1ccc(NC(N)=NCC2(O)CCCC(C(F)(F)F)C2)cc1. The predicted octanol–water partition coefficient (Wildman–Crippen LogP) is 2.91. The second kappa shape index (κ2) is 7.29. The number of guanidine groups is 1. The van der Waals surface area contributed by atoms with E-state index in [0.29, 0.717) is 24.3 Å². The van der Waals surface area contributed by atoms with Crippen LogP contribution in [0.4, 0.5) is 18.9 Å². The molecule has 0 amide bonds. The monoisotopic (exact) mass is 345 g/mol. The number of nitrogens with one attached hydrogen (secondary N) is 1. The standard InChI is InChI=1S/C16H22F3N3O2/c1-24-13-6-4-12(5-7-13)22-14(20)21-10-15(23)8-2-3-11(9-15)16(17,18)19/h4-7,11,23H,2-3,8-10H2,1H3,(H3,20,21,22). The van der Waals surface area contributed by atoms with Crippen molar-refractivity contribution in [3.63, 3.8) is 0 Å². The number of aliphatic imine (C=N–C) groups is 1. The molecule has 0 spiro atoms. The van der Waals surface area contributed by atoms with Crippen molar-refractivity contribution >= 4 is 11.6 Å². The smallest absolute Gasteiger partial charge is 0.391 e. The van der Waals surface area contributed by atoms with E-state index < -0.39 is 17.7 Å². The van der Waals surface area contributed by atoms with Crippen molar-refractivity contribution < 1.29 is 23.0 Å². The van der Waals surface area contributed by atoms with Crippen molar-refractivity contribution in [2.75, 3.05) is 19.0 Å². The third-order valence-corrected chi connectivity index (χ3v) is 4.19. The van der Waals surface area contributed by atoms with Gasteiger partial charge in [-0.3, -0.25) is 4.99 Å². The highest BCUT2D eigenvalue weighted by Crippen LogP contribution is 2.41. The second-order valence-electron chi connectivity index (χ2n) is 6.11. The predicted molar refractivity (Wildman–Crippen MR) is 86.1 cm³/mol. The van der Waals surface area contributed by atoms with Crippen LogP contribution in [0, 0.1) is 5.92 Å². The lowest BCUT2D eigenvalue weighted by Crippen LogP contribution is -2.43. The molecule has 1 aromatic rings. The van der Waals surface area contributed by atoms with Gasteiger partial charge in [-0.1, -0.05) is 0 Å². The fourth-order valence-electron chi connectivity index (χ4n) is 2.86. The number of hydrogen-bond donors (Lipinski definition) is 3. The van der Waals surface area contributed by atoms with Crippen molar-refractivity contribution in [2.24, 2.45) is 16.6 Å². The maximum Gasteiger partial charge on any atom is 0.391 e. The van der Waals surface area contributed by atoms with E-state index in [1.807, 2.05) is 0 Å². The quantitative estimate of drug-likeness (QED) is 0.579. The van der Waals surface area contributed by atoms with E-state index in [1.165, 1.54) is 0 Å². The van der Waals surface area contributed by atoms with E-state index in [0.717, 1.165) is 0 Å². The van der Waals surface area contributed by atoms with Gasteiger partial charge in [-0.05, 0) is 49.9 Å². The molecule has 5 nitrogen and oxygen atoms in total. The highest BCUT2D eigenvalue weighted by atomic mass is 19.4. The molecule has 1 aliphatic carbocycles. The number of aliphatic hydroxyl groups is 1. The average Bonchev–Trinajstić information content (AvgIpc) is 2.53. The van der Waals surface area contributed by atoms with Crippen LogP contribution in [-0.2, 0) is 0 Å². The Labute approximate surface area is 138 Å². The lowest BCUT2D eigenvalue weighted by atomic mass is 9.78. The molecule has 24 heavy (non-hydrogen) atoms. The molecule has 0 bridgehead atoms. The zero-order valence-corrected chi connectivity index (χ0v) is 13.4. The third kappa shape index (κ3) is 5.02. The number of rotatable bonds is 4. The Hall–Kier alpha value is -1.96. The van der Waals surface area contributed by atoms with Crippen LogP contribution in [0.15, 0.2) is 29.3 Å². The van der Waals surface area contributed by atoms with E-state index in [9.17, 15) is 18.3 Å². The van der Waals surface area contributed by atoms with Gasteiger partial charge in [0.05, 0.1) is 25.2 Å². The minimum atomic E-state index is -4.29. The minimum Gasteiger partial charge on any atom is -0.497 e. The number of anilines is 1. The van der Waals surface area contributed by atoms with Crippen LogP contribution in [0.25, 0.3) is 0 Å². The number of ether oxygens (including phenoxy) is 1. The topological polar surface area (TPSA) is 79.9 Å². The maximum atomic E-state index is 12.8. The number of halogens is 3. The Morgan fingerprint density at radius 3 is 2.67 bits per heavy atom. The Bertz CT molecular complexity index is 575. The number of hydrogen-bond acceptors (Lipinski definition) is 3. The molecule has 1 aliphatic rings. The van der Waals surface area contributed by atoms with Crippen molar-refractivity contribution in [2.45, 2.75) is 37.5 Å². The first-order valence-electron chi connectivity index (χ1n) is 7.72. The fourth-order valence-corrected chi connectivity index (χ4v) is 2.86. The Morgan fingerprint density at radius 1 is 1.42 bits per heavy atom. The van der Waals surface area contributed by atoms with Gasteiger partial charge in [0, 0.05) is 5.69 Å². The highest BCUT2D eigenvalue weighted by Gasteiger charge is 2.46. The molecule has 0 radical (unpaired) electrons. The summed E-state index contributed by atoms with van der Waals surface area (Å²) in [4.78, 5) is 4.01. The molecule has 1 saturated carbocycles. The summed E-state index contributed by atoms with van der Waals surface area (Å²) >= 11 is 0. The third-order valence-electron chi connectivity index (χ3n) is 4.19. The van der Waals surface area contributed by atoms with Gasteiger partial charge >= 0.3 is 6.18 Å². The van der Waals surface area contributed by atoms with Gasteiger partial charge in [-0.15, -0.1) is 0 Å². The molecule has 0 heterocycles. The van der Waals surface area contributed by atoms with Gasteiger partial charge in [0.2, 0.25) is 0 Å². The zero-order chi connectivity index (χ0) is 17.8. The van der Waals surface area contributed by atoms with E-state index in [1.54, 1.807) is 31.4 Å². The number of methoxy groups -OCH3 is 1. The van der Waals surface area contributed by atoms with Crippen LogP contribution in [0.5, 0.6) is 5.75 Å². The average molecular weight is 345 g/mol. The first-order chi connectivity index (χ1) is 11.2. The highest BCUT2D eigenvalue weighted by molar-refractivity contribution is 5.92. The summed E-state index contributed by atoms with van der Waals surface area (Å²) in [6, 6.07) is 6.93. The molecular weight excluding hydrogens is 323 g/mol. The Kier molecular flexibility index (Phi) is 5.58. The van der Waals surface area contributed by atoms with Gasteiger partial charge in [0.1, 0.15) is 5.75 Å². The van der Waals surface area contributed by atoms with Crippen LogP contribution in [-0.4, -0.2) is 36.5 Å². The van der Waals surface area contributed by atoms with Crippen molar-refractivity contribution in [3.8, 4) is 5.75 Å². The molecule has 2 unspecified atom stereocenters. The molecule has 8 heteroatoms. The lowest BCUT2D eigenvalue weighted by molar-refractivity contribution is -0.199. The van der Waals surface area contributed by atoms with Crippen LogP contribution in [0.2, 0.25) is 0 Å². The van der Waals surface area contributed by atoms with Crippen LogP contribution in [0.3, 0.4) is 0 Å². The summed E-state index contributed by atoms with van der Waals surface area (Å²) in [7, 11) is 1.55. The lowest BCUT2D eigenvalue weighted by Gasteiger charge is -2.36. The number of benzene rings is 1. The van der Waals surface area contributed by atoms with Crippen molar-refractivity contribution in [1.29, 1.82) is 0 Å². The summed E-state index contributed by atoms with van der Waals surface area (Å²) in [5.41, 5.74) is 4.95. The van der Waals surface area contributed by atoms with Gasteiger partial charge in [-0.2, -0.15) is 13.2 Å². The largest absolute Gasteiger partial charge is 0.497 e. The summed E-state index contributed by atoms with van der Waals surface area (Å²) in [6.07, 6.45) is -3.96. The second-order valence-corrected chi connectivity index (χ2v) is 6.11. The van der Waals surface area contributed by atoms with Crippen LogP contribution < -0.4 is 15.8 Å². The van der Waals surface area contributed by atoms with Crippen LogP contribution in [0.1, 0.15) is 25.7 Å². The Balaban J connectivity index is 1.95. The number of nitrogens with zero attached hydrogens (tertiary/aromatic N) is 1. The summed E-state index contributed by atoms with van der Waals surface area (Å²) < 4.78 is 43.6. The Morgan fingerprint density at radius 2 is 2.08 bits per heavy atom. The molecular formula is C16H22F3N3O2. The molecule has 1 fully saturated rings. The molecule has 4 N–H and O–H groups in total. The van der Waals surface area contributed by atoms with Crippen LogP contribution >= 0.6 is 0 Å². The summed E-state index contributed by atoms with van der Waals surface area (Å²) in [5.74, 6) is -0.754. The van der Waals surface area contributed by atoms with Gasteiger partial charge in [0.15, 0.2) is 5.96 Å². The molecule has 0 aromatic heterocycles. The number of alkyl halides is 3. The van der Waals surface area contributed by atoms with E-state index in [-0.39, 0.29) is 25.3 Å². The van der Waals surface area contributed by atoms with Gasteiger partial charge < -0.3 is 20.9 Å². The maximum absolute atomic E-state index is 12.8. The molecule has 2 rings (SSSR count). The summed E-state index contributed by atoms with van der Waals surface area (Å²) in [5, 5.41) is 13.2. The van der Waals surface area contributed by atoms with E-state index >= 15 is 0 Å². The molecule has 134 valence electrons. The molecule has 0 aliphatic heterocycles. The number of nitrogens with two attached hydrogens (primary N) is 1. The van der Waals surface area contributed by atoms with Crippen molar-refractivity contribution in [3.05, 3.63) is 24.3 Å². The first kappa shape index (κ1) is 18.4. The van der Waals surface area contributed by atoms with Gasteiger partial charge in [0.25, 0.3) is 0 Å². The van der Waals surface area contributed by atoms with Crippen molar-refractivity contribution in [1.82, 2.24) is 0 Å². The van der Waals surface area contributed by atoms with Gasteiger partial charge in [-0.25, -0.2) is 0 Å². The molecule has 0 saturated heterocycles.